The number of phenols is 1. The van der Waals surface area contributed by atoms with Gasteiger partial charge in [-0.1, -0.05) is 18.2 Å². The molecular formula is C14H12O3. The van der Waals surface area contributed by atoms with Crippen LogP contribution in [0.4, 0.5) is 0 Å². The summed E-state index contributed by atoms with van der Waals surface area (Å²) < 4.78 is 5.14. The number of methoxy groups -OCH3 is 1. The molecule has 3 nitrogen and oxygen atoms in total. The molecule has 0 bridgehead atoms. The highest BCUT2D eigenvalue weighted by Crippen LogP contribution is 2.27. The molecule has 0 aliphatic carbocycles. The Kier molecular flexibility index (Phi) is 3.10. The number of hydrogen-bond acceptors (Lipinski definition) is 3. The minimum absolute atomic E-state index is 0.00774. The monoisotopic (exact) mass is 228 g/mol. The van der Waals surface area contributed by atoms with E-state index in [1.54, 1.807) is 19.2 Å². The van der Waals surface area contributed by atoms with Gasteiger partial charge in [0.05, 0.1) is 12.7 Å². The van der Waals surface area contributed by atoms with Crippen LogP contribution in [0.15, 0.2) is 42.5 Å². The van der Waals surface area contributed by atoms with Crippen molar-refractivity contribution < 1.29 is 14.6 Å². The van der Waals surface area contributed by atoms with E-state index in [-0.39, 0.29) is 11.3 Å². The largest absolute Gasteiger partial charge is 0.507 e. The highest BCUT2D eigenvalue weighted by molar-refractivity contribution is 5.82. The third kappa shape index (κ3) is 2.28. The Labute approximate surface area is 99.3 Å². The van der Waals surface area contributed by atoms with Crippen LogP contribution in [0.25, 0.3) is 11.1 Å². The Bertz CT molecular complexity index is 547. The van der Waals surface area contributed by atoms with E-state index >= 15 is 0 Å². The van der Waals surface area contributed by atoms with Gasteiger partial charge in [0.2, 0.25) is 0 Å². The second-order valence-corrected chi connectivity index (χ2v) is 3.62. The van der Waals surface area contributed by atoms with Gasteiger partial charge in [0.15, 0.2) is 6.29 Å². The van der Waals surface area contributed by atoms with Gasteiger partial charge in [-0.25, -0.2) is 0 Å². The average molecular weight is 228 g/mol. The molecule has 0 aliphatic heterocycles. The molecular weight excluding hydrogens is 216 g/mol. The molecule has 86 valence electrons. The van der Waals surface area contributed by atoms with Crippen LogP contribution in [0, 0.1) is 0 Å². The lowest BCUT2D eigenvalue weighted by atomic mass is 10.0. The minimum atomic E-state index is -0.00774. The van der Waals surface area contributed by atoms with Crippen molar-refractivity contribution in [2.24, 2.45) is 0 Å². The van der Waals surface area contributed by atoms with E-state index in [2.05, 4.69) is 0 Å². The first-order valence-electron chi connectivity index (χ1n) is 5.17. The zero-order valence-corrected chi connectivity index (χ0v) is 9.38. The van der Waals surface area contributed by atoms with E-state index < -0.39 is 0 Å². The molecule has 0 heterocycles. The predicted octanol–water partition coefficient (Wildman–Crippen LogP) is 2.88. The number of benzene rings is 2. The van der Waals surface area contributed by atoms with Gasteiger partial charge < -0.3 is 9.84 Å². The number of aromatic hydroxyl groups is 1. The van der Waals surface area contributed by atoms with Crippen LogP contribution in [0.5, 0.6) is 11.5 Å². The highest BCUT2D eigenvalue weighted by atomic mass is 16.5. The number of carbonyl (C=O) groups excluding carboxylic acids is 1. The molecule has 0 aliphatic rings. The quantitative estimate of drug-likeness (QED) is 0.821. The first kappa shape index (κ1) is 11.2. The normalized spacial score (nSPS) is 9.94. The summed E-state index contributed by atoms with van der Waals surface area (Å²) in [6.07, 6.45) is 0.638. The van der Waals surface area contributed by atoms with Gasteiger partial charge in [-0.2, -0.15) is 0 Å². The molecule has 0 radical (unpaired) electrons. The van der Waals surface area contributed by atoms with Gasteiger partial charge in [-0.15, -0.1) is 0 Å². The second-order valence-electron chi connectivity index (χ2n) is 3.62. The third-order valence-corrected chi connectivity index (χ3v) is 2.56. The van der Waals surface area contributed by atoms with Crippen molar-refractivity contribution in [1.82, 2.24) is 0 Å². The second kappa shape index (κ2) is 4.70. The van der Waals surface area contributed by atoms with Gasteiger partial charge in [0, 0.05) is 0 Å². The summed E-state index contributed by atoms with van der Waals surface area (Å²) in [5.41, 5.74) is 2.08. The molecule has 1 N–H and O–H groups in total. The maximum Gasteiger partial charge on any atom is 0.153 e. The molecule has 0 saturated heterocycles. The first-order valence-corrected chi connectivity index (χ1v) is 5.17. The van der Waals surface area contributed by atoms with E-state index in [0.29, 0.717) is 6.29 Å². The maximum absolute atomic E-state index is 10.7. The predicted molar refractivity (Wildman–Crippen MR) is 65.5 cm³/mol. The summed E-state index contributed by atoms with van der Waals surface area (Å²) in [7, 11) is 1.60. The van der Waals surface area contributed by atoms with Crippen molar-refractivity contribution in [2.45, 2.75) is 0 Å². The first-order chi connectivity index (χ1) is 8.24. The lowest BCUT2D eigenvalue weighted by Crippen LogP contribution is -1.86. The highest BCUT2D eigenvalue weighted by Gasteiger charge is 2.04. The smallest absolute Gasteiger partial charge is 0.153 e. The molecule has 0 unspecified atom stereocenters. The molecule has 17 heavy (non-hydrogen) atoms. The van der Waals surface area contributed by atoms with Crippen molar-refractivity contribution >= 4 is 6.29 Å². The SMILES string of the molecule is COc1cccc(-c2ccc(O)c(C=O)c2)c1. The van der Waals surface area contributed by atoms with Crippen molar-refractivity contribution in [3.05, 3.63) is 48.0 Å². The Morgan fingerprint density at radius 2 is 1.88 bits per heavy atom. The lowest BCUT2D eigenvalue weighted by molar-refractivity contribution is 0.112. The summed E-state index contributed by atoms with van der Waals surface area (Å²) >= 11 is 0. The van der Waals surface area contributed by atoms with E-state index in [1.807, 2.05) is 24.3 Å². The maximum atomic E-state index is 10.7. The number of ether oxygens (including phenoxy) is 1. The summed E-state index contributed by atoms with van der Waals surface area (Å²) in [4.78, 5) is 10.7. The van der Waals surface area contributed by atoms with Crippen LogP contribution in [-0.2, 0) is 0 Å². The summed E-state index contributed by atoms with van der Waals surface area (Å²) in [5, 5.41) is 9.43. The van der Waals surface area contributed by atoms with Crippen molar-refractivity contribution in [1.29, 1.82) is 0 Å². The van der Waals surface area contributed by atoms with Crippen LogP contribution >= 0.6 is 0 Å². The Morgan fingerprint density at radius 3 is 2.59 bits per heavy atom. The molecule has 0 fully saturated rings. The zero-order chi connectivity index (χ0) is 12.3. The molecule has 0 saturated carbocycles. The zero-order valence-electron chi connectivity index (χ0n) is 9.38. The number of carbonyl (C=O) groups is 1. The summed E-state index contributed by atoms with van der Waals surface area (Å²) in [6, 6.07) is 12.4. The molecule has 0 aromatic heterocycles. The van der Waals surface area contributed by atoms with Gasteiger partial charge >= 0.3 is 0 Å². The third-order valence-electron chi connectivity index (χ3n) is 2.56. The van der Waals surface area contributed by atoms with E-state index in [0.717, 1.165) is 16.9 Å². The number of phenolic OH excluding ortho intramolecular Hbond substituents is 1. The minimum Gasteiger partial charge on any atom is -0.507 e. The fraction of sp³-hybridized carbons (Fsp3) is 0.0714. The van der Waals surface area contributed by atoms with Gasteiger partial charge in [-0.05, 0) is 35.4 Å². The van der Waals surface area contributed by atoms with Gasteiger partial charge in [0.25, 0.3) is 0 Å². The Hall–Kier alpha value is -2.29. The van der Waals surface area contributed by atoms with Crippen molar-refractivity contribution in [3.63, 3.8) is 0 Å². The molecule has 2 rings (SSSR count). The Morgan fingerprint density at radius 1 is 1.12 bits per heavy atom. The molecule has 2 aromatic carbocycles. The topological polar surface area (TPSA) is 46.5 Å². The van der Waals surface area contributed by atoms with Crippen LogP contribution in [-0.4, -0.2) is 18.5 Å². The van der Waals surface area contributed by atoms with Crippen LogP contribution in [0.1, 0.15) is 10.4 Å². The van der Waals surface area contributed by atoms with E-state index in [1.165, 1.54) is 6.07 Å². The molecule has 0 atom stereocenters. The summed E-state index contributed by atoms with van der Waals surface area (Å²) in [5.74, 6) is 0.745. The fourth-order valence-electron chi connectivity index (χ4n) is 1.63. The van der Waals surface area contributed by atoms with Gasteiger partial charge in [-0.3, -0.25) is 4.79 Å². The van der Waals surface area contributed by atoms with E-state index in [4.69, 9.17) is 4.74 Å². The fourth-order valence-corrected chi connectivity index (χ4v) is 1.63. The molecule has 0 amide bonds. The van der Waals surface area contributed by atoms with Crippen LogP contribution in [0.2, 0.25) is 0 Å². The standard InChI is InChI=1S/C14H12O3/c1-17-13-4-2-3-10(8-13)11-5-6-14(16)12(7-11)9-15/h2-9,16H,1H3. The van der Waals surface area contributed by atoms with Crippen molar-refractivity contribution in [2.75, 3.05) is 7.11 Å². The number of aldehydes is 1. The number of rotatable bonds is 3. The average Bonchev–Trinajstić information content (AvgIpc) is 2.39. The Balaban J connectivity index is 2.48. The van der Waals surface area contributed by atoms with Crippen LogP contribution < -0.4 is 4.74 Å². The summed E-state index contributed by atoms with van der Waals surface area (Å²) in [6.45, 7) is 0. The van der Waals surface area contributed by atoms with Crippen molar-refractivity contribution in [3.8, 4) is 22.6 Å². The van der Waals surface area contributed by atoms with Gasteiger partial charge in [0.1, 0.15) is 11.5 Å². The molecule has 3 heteroatoms. The molecule has 2 aromatic rings. The lowest BCUT2D eigenvalue weighted by Gasteiger charge is -2.06. The molecule has 0 spiro atoms. The van der Waals surface area contributed by atoms with E-state index in [9.17, 15) is 9.90 Å². The number of hydrogen-bond donors (Lipinski definition) is 1. The van der Waals surface area contributed by atoms with Crippen LogP contribution in [0.3, 0.4) is 0 Å².